The van der Waals surface area contributed by atoms with Crippen LogP contribution in [0.4, 0.5) is 9.18 Å². The van der Waals surface area contributed by atoms with Gasteiger partial charge in [-0.2, -0.15) is 0 Å². The average molecular weight is 176 g/mol. The zero-order chi connectivity index (χ0) is 9.30. The van der Waals surface area contributed by atoms with Crippen LogP contribution in [0.2, 0.25) is 0 Å². The van der Waals surface area contributed by atoms with Gasteiger partial charge in [0.25, 0.3) is 0 Å². The molecule has 1 aliphatic heterocycles. The van der Waals surface area contributed by atoms with Gasteiger partial charge >= 0.3 is 6.09 Å². The molecule has 0 saturated carbocycles. The minimum atomic E-state index is -1.31. The van der Waals surface area contributed by atoms with E-state index >= 15 is 0 Å². The van der Waals surface area contributed by atoms with Crippen LogP contribution < -0.4 is 5.73 Å². The first kappa shape index (κ1) is 8.76. The van der Waals surface area contributed by atoms with E-state index in [0.717, 1.165) is 4.90 Å². The third-order valence-electron chi connectivity index (χ3n) is 1.82. The maximum atomic E-state index is 12.6. The first-order valence-corrected chi connectivity index (χ1v) is 3.45. The van der Waals surface area contributed by atoms with Gasteiger partial charge in [0.2, 0.25) is 5.91 Å². The molecule has 2 unspecified atom stereocenters. The van der Waals surface area contributed by atoms with Gasteiger partial charge in [0.15, 0.2) is 0 Å². The van der Waals surface area contributed by atoms with E-state index in [2.05, 4.69) is 0 Å². The Morgan fingerprint density at radius 1 is 1.58 bits per heavy atom. The zero-order valence-electron chi connectivity index (χ0n) is 6.24. The van der Waals surface area contributed by atoms with Crippen LogP contribution in [-0.2, 0) is 4.79 Å². The van der Waals surface area contributed by atoms with Gasteiger partial charge in [0.05, 0.1) is 6.54 Å². The zero-order valence-corrected chi connectivity index (χ0v) is 6.24. The minimum absolute atomic E-state index is 0.123. The van der Waals surface area contributed by atoms with Crippen LogP contribution in [0, 0.1) is 0 Å². The number of carbonyl (C=O) groups excluding carboxylic acids is 1. The molecule has 12 heavy (non-hydrogen) atoms. The van der Waals surface area contributed by atoms with Crippen molar-refractivity contribution in [2.24, 2.45) is 5.73 Å². The van der Waals surface area contributed by atoms with Crippen molar-refractivity contribution in [2.75, 3.05) is 6.54 Å². The van der Waals surface area contributed by atoms with E-state index in [4.69, 9.17) is 10.8 Å². The monoisotopic (exact) mass is 176 g/mol. The molecular weight excluding hydrogens is 167 g/mol. The summed E-state index contributed by atoms with van der Waals surface area (Å²) in [6.07, 6.45) is -2.71. The summed E-state index contributed by atoms with van der Waals surface area (Å²) < 4.78 is 12.6. The Morgan fingerprint density at radius 3 is 2.50 bits per heavy atom. The van der Waals surface area contributed by atoms with Crippen LogP contribution in [0.25, 0.3) is 0 Å². The number of hydrogen-bond donors (Lipinski definition) is 2. The van der Waals surface area contributed by atoms with Crippen LogP contribution in [-0.4, -0.2) is 40.8 Å². The second-order valence-electron chi connectivity index (χ2n) is 2.69. The Kier molecular flexibility index (Phi) is 2.16. The van der Waals surface area contributed by atoms with E-state index in [1.165, 1.54) is 0 Å². The van der Waals surface area contributed by atoms with Crippen molar-refractivity contribution in [3.63, 3.8) is 0 Å². The summed E-state index contributed by atoms with van der Waals surface area (Å²) in [5.74, 6) is -0.794. The Labute approximate surface area is 67.9 Å². The molecule has 2 amide bonds. The lowest BCUT2D eigenvalue weighted by Gasteiger charge is -2.17. The van der Waals surface area contributed by atoms with E-state index in [1.54, 1.807) is 0 Å². The predicted octanol–water partition coefficient (Wildman–Crippen LogP) is -0.438. The highest BCUT2D eigenvalue weighted by atomic mass is 19.1. The second kappa shape index (κ2) is 2.96. The fourth-order valence-electron chi connectivity index (χ4n) is 1.27. The highest BCUT2D eigenvalue weighted by molar-refractivity contribution is 5.84. The number of likely N-dealkylation sites (tertiary alicyclic amines) is 1. The Balaban J connectivity index is 2.72. The highest BCUT2D eigenvalue weighted by Gasteiger charge is 2.38. The number of nitrogens with two attached hydrogens (primary N) is 1. The molecule has 1 aliphatic rings. The van der Waals surface area contributed by atoms with Crippen molar-refractivity contribution >= 4 is 12.0 Å². The number of primary amides is 1. The molecule has 1 saturated heterocycles. The molecule has 1 heterocycles. The number of hydrogen-bond acceptors (Lipinski definition) is 2. The number of alkyl halides is 1. The van der Waals surface area contributed by atoms with Gasteiger partial charge in [-0.05, 0) is 0 Å². The molecular formula is C6H9FN2O3. The van der Waals surface area contributed by atoms with Crippen LogP contribution in [0.5, 0.6) is 0 Å². The lowest BCUT2D eigenvalue weighted by molar-refractivity contribution is -0.121. The average Bonchev–Trinajstić information content (AvgIpc) is 2.31. The molecule has 2 atom stereocenters. The molecule has 1 fully saturated rings. The van der Waals surface area contributed by atoms with Crippen LogP contribution >= 0.6 is 0 Å². The first-order valence-electron chi connectivity index (χ1n) is 3.45. The quantitative estimate of drug-likeness (QED) is 0.568. The molecule has 0 aromatic carbocycles. The van der Waals surface area contributed by atoms with Crippen molar-refractivity contribution < 1.29 is 19.1 Å². The van der Waals surface area contributed by atoms with Gasteiger partial charge in [0.1, 0.15) is 12.2 Å². The molecule has 1 rings (SSSR count). The van der Waals surface area contributed by atoms with Gasteiger partial charge in [-0.3, -0.25) is 9.69 Å². The van der Waals surface area contributed by atoms with E-state index in [9.17, 15) is 14.0 Å². The van der Waals surface area contributed by atoms with Gasteiger partial charge in [0, 0.05) is 6.42 Å². The second-order valence-corrected chi connectivity index (χ2v) is 2.69. The lowest BCUT2D eigenvalue weighted by atomic mass is 10.2. The Bertz CT molecular complexity index is 199. The first-order chi connectivity index (χ1) is 5.52. The molecule has 0 radical (unpaired) electrons. The standard InChI is InChI=1S/C6H9FN2O3/c7-3-1-4(5(8)10)9(2-3)6(11)12/h3-4H,1-2H2,(H2,8,10)(H,11,12). The SMILES string of the molecule is NC(=O)C1CC(F)CN1C(=O)O. The van der Waals surface area contributed by atoms with Gasteiger partial charge in [-0.15, -0.1) is 0 Å². The van der Waals surface area contributed by atoms with Crippen molar-refractivity contribution in [2.45, 2.75) is 18.6 Å². The van der Waals surface area contributed by atoms with Gasteiger partial charge in [-0.1, -0.05) is 0 Å². The summed E-state index contributed by atoms with van der Waals surface area (Å²) in [7, 11) is 0. The van der Waals surface area contributed by atoms with Crippen molar-refractivity contribution in [3.05, 3.63) is 0 Å². The maximum absolute atomic E-state index is 12.6. The number of amides is 2. The number of carbonyl (C=O) groups is 2. The Morgan fingerprint density at radius 2 is 2.17 bits per heavy atom. The van der Waals surface area contributed by atoms with Crippen molar-refractivity contribution in [1.29, 1.82) is 0 Å². The molecule has 0 aliphatic carbocycles. The summed E-state index contributed by atoms with van der Waals surface area (Å²) in [6, 6.07) is -1.00. The number of nitrogens with zero attached hydrogens (tertiary/aromatic N) is 1. The van der Waals surface area contributed by atoms with E-state index in [-0.39, 0.29) is 13.0 Å². The van der Waals surface area contributed by atoms with Crippen molar-refractivity contribution in [1.82, 2.24) is 4.90 Å². The van der Waals surface area contributed by atoms with E-state index in [1.807, 2.05) is 0 Å². The Hall–Kier alpha value is -1.33. The predicted molar refractivity (Wildman–Crippen MR) is 37.2 cm³/mol. The van der Waals surface area contributed by atoms with Crippen LogP contribution in [0.15, 0.2) is 0 Å². The molecule has 0 bridgehead atoms. The van der Waals surface area contributed by atoms with Crippen LogP contribution in [0.1, 0.15) is 6.42 Å². The topological polar surface area (TPSA) is 83.6 Å². The van der Waals surface area contributed by atoms with Gasteiger partial charge in [-0.25, -0.2) is 9.18 Å². The molecule has 3 N–H and O–H groups in total. The summed E-state index contributed by atoms with van der Waals surface area (Å²) in [4.78, 5) is 21.8. The van der Waals surface area contributed by atoms with E-state index in [0.29, 0.717) is 0 Å². The third kappa shape index (κ3) is 1.46. The smallest absolute Gasteiger partial charge is 0.408 e. The van der Waals surface area contributed by atoms with Gasteiger partial charge < -0.3 is 10.8 Å². The lowest BCUT2D eigenvalue weighted by Crippen LogP contribution is -2.42. The summed E-state index contributed by atoms with van der Waals surface area (Å²) in [5, 5.41) is 8.50. The largest absolute Gasteiger partial charge is 0.465 e. The number of rotatable bonds is 1. The summed E-state index contributed by atoms with van der Waals surface area (Å²) >= 11 is 0. The number of carboxylic acid groups (broad SMARTS) is 1. The van der Waals surface area contributed by atoms with Crippen molar-refractivity contribution in [3.8, 4) is 0 Å². The fraction of sp³-hybridized carbons (Fsp3) is 0.667. The molecule has 0 aromatic rings. The highest BCUT2D eigenvalue weighted by Crippen LogP contribution is 2.19. The normalized spacial score (nSPS) is 28.9. The van der Waals surface area contributed by atoms with Crippen LogP contribution in [0.3, 0.4) is 0 Å². The van der Waals surface area contributed by atoms with E-state index < -0.39 is 24.2 Å². The molecule has 68 valence electrons. The summed E-state index contributed by atoms with van der Waals surface area (Å²) in [5.41, 5.74) is 4.88. The fourth-order valence-corrected chi connectivity index (χ4v) is 1.27. The number of halogens is 1. The summed E-state index contributed by atoms with van der Waals surface area (Å²) in [6.45, 7) is -0.261. The molecule has 0 spiro atoms. The maximum Gasteiger partial charge on any atom is 0.408 e. The molecule has 6 heteroatoms. The molecule has 5 nitrogen and oxygen atoms in total. The third-order valence-corrected chi connectivity index (χ3v) is 1.82. The molecule has 0 aromatic heterocycles. The minimum Gasteiger partial charge on any atom is -0.465 e.